The Morgan fingerprint density at radius 3 is 2.40 bits per heavy atom. The monoisotopic (exact) mass is 280 g/mol. The molecule has 0 aliphatic heterocycles. The van der Waals surface area contributed by atoms with E-state index in [2.05, 4.69) is 12.0 Å². The number of carbonyl (C=O) groups is 1. The lowest BCUT2D eigenvalue weighted by Crippen LogP contribution is -2.10. The summed E-state index contributed by atoms with van der Waals surface area (Å²) in [7, 11) is 1.58. The number of ketones is 1. The van der Waals surface area contributed by atoms with E-state index in [-0.39, 0.29) is 5.78 Å². The summed E-state index contributed by atoms with van der Waals surface area (Å²) in [6.45, 7) is 4.90. The van der Waals surface area contributed by atoms with E-state index < -0.39 is 0 Å². The molecule has 4 heteroatoms. The van der Waals surface area contributed by atoms with E-state index in [1.165, 1.54) is 32.1 Å². The highest BCUT2D eigenvalue weighted by Gasteiger charge is 2.17. The lowest BCUT2D eigenvalue weighted by molar-refractivity contribution is 0.0965. The molecule has 4 nitrogen and oxygen atoms in total. The van der Waals surface area contributed by atoms with Gasteiger partial charge in [0, 0.05) is 13.0 Å². The van der Waals surface area contributed by atoms with Crippen molar-refractivity contribution >= 4 is 5.78 Å². The fraction of sp³-hybridized carbons (Fsp3) is 0.750. The van der Waals surface area contributed by atoms with Gasteiger partial charge in [0.15, 0.2) is 11.5 Å². The molecule has 1 aromatic heterocycles. The molecule has 0 atom stereocenters. The third-order valence-corrected chi connectivity index (χ3v) is 3.60. The van der Waals surface area contributed by atoms with Gasteiger partial charge in [0.2, 0.25) is 0 Å². The first-order chi connectivity index (χ1) is 9.74. The number of methoxy groups -OCH3 is 1. The number of aryl methyl sites for hydroxylation is 1. The molecule has 0 saturated carbocycles. The van der Waals surface area contributed by atoms with E-state index in [0.717, 1.165) is 12.8 Å². The van der Waals surface area contributed by atoms with Gasteiger partial charge in [-0.3, -0.25) is 9.48 Å². The highest BCUT2D eigenvalue weighted by atomic mass is 16.5. The summed E-state index contributed by atoms with van der Waals surface area (Å²) in [5, 5.41) is 4.18. The van der Waals surface area contributed by atoms with Gasteiger partial charge in [-0.2, -0.15) is 5.10 Å². The molecule has 0 saturated heterocycles. The lowest BCUT2D eigenvalue weighted by atomic mass is 10.1. The number of hydrogen-bond acceptors (Lipinski definition) is 3. The van der Waals surface area contributed by atoms with Crippen LogP contribution in [0.2, 0.25) is 0 Å². The fourth-order valence-corrected chi connectivity index (χ4v) is 2.40. The number of nitrogens with zero attached hydrogens (tertiary/aromatic N) is 2. The van der Waals surface area contributed by atoms with Crippen molar-refractivity contribution < 1.29 is 9.53 Å². The Hall–Kier alpha value is -1.32. The molecule has 0 aliphatic carbocycles. The molecule has 20 heavy (non-hydrogen) atoms. The van der Waals surface area contributed by atoms with Crippen LogP contribution < -0.4 is 4.74 Å². The van der Waals surface area contributed by atoms with Gasteiger partial charge in [-0.05, 0) is 13.3 Å². The maximum atomic E-state index is 12.3. The standard InChI is InChI=1S/C16H28N2O2/c1-4-6-7-8-9-10-11-12-14(19)16-15(20-3)13-17-18(16)5-2/h13H,4-12H2,1-3H3. The normalized spacial score (nSPS) is 10.8. The minimum atomic E-state index is 0.148. The number of unbranched alkanes of at least 4 members (excludes halogenated alkanes) is 6. The van der Waals surface area contributed by atoms with Crippen molar-refractivity contribution in [3.8, 4) is 5.75 Å². The van der Waals surface area contributed by atoms with Gasteiger partial charge in [0.25, 0.3) is 0 Å². The van der Waals surface area contributed by atoms with Crippen LogP contribution in [0.15, 0.2) is 6.20 Å². The quantitative estimate of drug-likeness (QED) is 0.450. The predicted molar refractivity (Wildman–Crippen MR) is 81.4 cm³/mol. The maximum Gasteiger partial charge on any atom is 0.184 e. The Balaban J connectivity index is 2.34. The number of aromatic nitrogens is 2. The highest BCUT2D eigenvalue weighted by Crippen LogP contribution is 2.20. The van der Waals surface area contributed by atoms with Crippen LogP contribution in [0.1, 0.15) is 75.7 Å². The predicted octanol–water partition coefficient (Wildman–Crippen LogP) is 4.24. The molecule has 0 aliphatic rings. The molecule has 1 heterocycles. The number of Topliss-reactive ketones (excluding diaryl/α,β-unsaturated/α-hetero) is 1. The van der Waals surface area contributed by atoms with Crippen LogP contribution in [-0.2, 0) is 6.54 Å². The smallest absolute Gasteiger partial charge is 0.184 e. The first kappa shape index (κ1) is 16.7. The summed E-state index contributed by atoms with van der Waals surface area (Å²) in [5.41, 5.74) is 0.626. The summed E-state index contributed by atoms with van der Waals surface area (Å²) in [4.78, 5) is 12.3. The van der Waals surface area contributed by atoms with Crippen LogP contribution in [0.4, 0.5) is 0 Å². The molecule has 0 spiro atoms. The van der Waals surface area contributed by atoms with E-state index in [0.29, 0.717) is 24.4 Å². The third-order valence-electron chi connectivity index (χ3n) is 3.60. The number of rotatable bonds is 11. The van der Waals surface area contributed by atoms with Crippen LogP contribution in [0.5, 0.6) is 5.75 Å². The topological polar surface area (TPSA) is 44.1 Å². The molecule has 0 amide bonds. The Labute approximate surface area is 122 Å². The average Bonchev–Trinajstić information content (AvgIpc) is 2.89. The van der Waals surface area contributed by atoms with Gasteiger partial charge >= 0.3 is 0 Å². The number of ether oxygens (including phenoxy) is 1. The second-order valence-corrected chi connectivity index (χ2v) is 5.17. The Morgan fingerprint density at radius 1 is 1.15 bits per heavy atom. The molecule has 0 radical (unpaired) electrons. The minimum Gasteiger partial charge on any atom is -0.493 e. The van der Waals surface area contributed by atoms with E-state index in [1.807, 2.05) is 6.92 Å². The molecule has 0 aromatic carbocycles. The summed E-state index contributed by atoms with van der Waals surface area (Å²) in [6, 6.07) is 0. The van der Waals surface area contributed by atoms with Crippen molar-refractivity contribution in [3.05, 3.63) is 11.9 Å². The van der Waals surface area contributed by atoms with Crippen LogP contribution in [0, 0.1) is 0 Å². The summed E-state index contributed by atoms with van der Waals surface area (Å²) in [5.74, 6) is 0.745. The van der Waals surface area contributed by atoms with Crippen LogP contribution >= 0.6 is 0 Å². The van der Waals surface area contributed by atoms with Crippen LogP contribution in [-0.4, -0.2) is 22.7 Å². The van der Waals surface area contributed by atoms with E-state index in [4.69, 9.17) is 4.74 Å². The van der Waals surface area contributed by atoms with E-state index >= 15 is 0 Å². The maximum absolute atomic E-state index is 12.3. The fourth-order valence-electron chi connectivity index (χ4n) is 2.40. The van der Waals surface area contributed by atoms with E-state index in [9.17, 15) is 4.79 Å². The number of hydrogen-bond donors (Lipinski definition) is 0. The van der Waals surface area contributed by atoms with Gasteiger partial charge in [0.1, 0.15) is 5.69 Å². The van der Waals surface area contributed by atoms with Crippen molar-refractivity contribution in [2.24, 2.45) is 0 Å². The molecule has 0 bridgehead atoms. The highest BCUT2D eigenvalue weighted by molar-refractivity contribution is 5.96. The molecule has 114 valence electrons. The molecule has 0 fully saturated rings. The summed E-state index contributed by atoms with van der Waals surface area (Å²) < 4.78 is 6.94. The lowest BCUT2D eigenvalue weighted by Gasteiger charge is -2.06. The largest absolute Gasteiger partial charge is 0.493 e. The second-order valence-electron chi connectivity index (χ2n) is 5.17. The zero-order valence-corrected chi connectivity index (χ0v) is 13.2. The average molecular weight is 280 g/mol. The van der Waals surface area contributed by atoms with Gasteiger partial charge in [-0.25, -0.2) is 0 Å². The molecule has 1 rings (SSSR count). The number of carbonyl (C=O) groups excluding carboxylic acids is 1. The van der Waals surface area contributed by atoms with Crippen molar-refractivity contribution in [3.63, 3.8) is 0 Å². The minimum absolute atomic E-state index is 0.148. The summed E-state index contributed by atoms with van der Waals surface area (Å²) in [6.07, 6.45) is 10.8. The molecule has 0 N–H and O–H groups in total. The Kier molecular flexibility index (Phi) is 8.00. The first-order valence-corrected chi connectivity index (χ1v) is 7.87. The molecular formula is C16H28N2O2. The van der Waals surface area contributed by atoms with Gasteiger partial charge in [-0.1, -0.05) is 45.4 Å². The van der Waals surface area contributed by atoms with Crippen molar-refractivity contribution in [1.29, 1.82) is 0 Å². The van der Waals surface area contributed by atoms with Gasteiger partial charge in [-0.15, -0.1) is 0 Å². The van der Waals surface area contributed by atoms with E-state index in [1.54, 1.807) is 18.0 Å². The zero-order chi connectivity index (χ0) is 14.8. The van der Waals surface area contributed by atoms with Crippen molar-refractivity contribution in [1.82, 2.24) is 9.78 Å². The SMILES string of the molecule is CCCCCCCCCC(=O)c1c(OC)cnn1CC. The zero-order valence-electron chi connectivity index (χ0n) is 13.2. The summed E-state index contributed by atoms with van der Waals surface area (Å²) >= 11 is 0. The first-order valence-electron chi connectivity index (χ1n) is 7.87. The van der Waals surface area contributed by atoms with Gasteiger partial charge < -0.3 is 4.74 Å². The van der Waals surface area contributed by atoms with Crippen molar-refractivity contribution in [2.75, 3.05) is 7.11 Å². The van der Waals surface area contributed by atoms with Gasteiger partial charge in [0.05, 0.1) is 13.3 Å². The molecule has 0 unspecified atom stereocenters. The third kappa shape index (κ3) is 4.99. The Bertz CT molecular complexity index is 378. The second kappa shape index (κ2) is 9.56. The molecule has 1 aromatic rings. The van der Waals surface area contributed by atoms with Crippen LogP contribution in [0.3, 0.4) is 0 Å². The van der Waals surface area contributed by atoms with Crippen LogP contribution in [0.25, 0.3) is 0 Å². The Morgan fingerprint density at radius 2 is 1.80 bits per heavy atom. The molecular weight excluding hydrogens is 252 g/mol. The van der Waals surface area contributed by atoms with Crippen molar-refractivity contribution in [2.45, 2.75) is 71.8 Å².